The van der Waals surface area contributed by atoms with Gasteiger partial charge < -0.3 is 19.9 Å². The van der Waals surface area contributed by atoms with Gasteiger partial charge in [-0.15, -0.1) is 11.3 Å². The highest BCUT2D eigenvalue weighted by Crippen LogP contribution is 2.44. The summed E-state index contributed by atoms with van der Waals surface area (Å²) in [4.78, 5) is 17.6. The Morgan fingerprint density at radius 3 is 2.76 bits per heavy atom. The highest BCUT2D eigenvalue weighted by molar-refractivity contribution is 7.13. The number of anilines is 1. The Morgan fingerprint density at radius 2 is 1.97 bits per heavy atom. The number of benzene rings is 1. The maximum atomic E-state index is 14.1. The zero-order valence-electron chi connectivity index (χ0n) is 18.2. The number of halogens is 1. The van der Waals surface area contributed by atoms with Crippen molar-refractivity contribution in [1.82, 2.24) is 24.5 Å². The Morgan fingerprint density at radius 1 is 1.15 bits per heavy atom. The van der Waals surface area contributed by atoms with Crippen molar-refractivity contribution in [2.75, 3.05) is 5.73 Å². The number of hydrogen-bond acceptors (Lipinski definition) is 9. The van der Waals surface area contributed by atoms with E-state index in [2.05, 4.69) is 31.8 Å². The van der Waals surface area contributed by atoms with Crippen molar-refractivity contribution in [1.29, 1.82) is 0 Å². The molecule has 2 N–H and O–H groups in total. The van der Waals surface area contributed by atoms with Crippen molar-refractivity contribution < 1.29 is 18.6 Å². The van der Waals surface area contributed by atoms with E-state index in [1.54, 1.807) is 29.1 Å². The molecule has 4 atom stereocenters. The molecule has 0 radical (unpaired) electrons. The summed E-state index contributed by atoms with van der Waals surface area (Å²) >= 11 is 1.33. The standard InChI is InChI=1S/C23H19FN6O3S/c1-23(2)32-18-15(8-7-12-5-3-4-6-13(12)24)31-21(19(18)33-23)30-11-28-17-16(26-10-27-20(17)30)14-9-34-22(25)29-14/h3-6,9-11,15,18-19,21H,1-2H3,(H2,25,29)/t15-,18-,19-,21-/m1/s1. The number of hydrogen-bond donors (Lipinski definition) is 1. The molecule has 2 aliphatic rings. The maximum absolute atomic E-state index is 14.1. The maximum Gasteiger partial charge on any atom is 0.180 e. The first-order chi connectivity index (χ1) is 16.4. The van der Waals surface area contributed by atoms with Crippen LogP contribution in [-0.2, 0) is 14.2 Å². The summed E-state index contributed by atoms with van der Waals surface area (Å²) in [7, 11) is 0. The predicted molar refractivity (Wildman–Crippen MR) is 122 cm³/mol. The molecule has 0 aliphatic carbocycles. The Balaban J connectivity index is 1.39. The van der Waals surface area contributed by atoms with Gasteiger partial charge >= 0.3 is 0 Å². The molecule has 2 saturated heterocycles. The van der Waals surface area contributed by atoms with Crippen LogP contribution in [0.5, 0.6) is 0 Å². The summed E-state index contributed by atoms with van der Waals surface area (Å²) in [5, 5.41) is 2.27. The van der Waals surface area contributed by atoms with E-state index < -0.39 is 36.1 Å². The molecule has 0 unspecified atom stereocenters. The SMILES string of the molecule is CC1(C)O[C@@H]2[C@H](O1)[C@@H](C#Cc1ccccc1F)O[C@H]2n1cnc2c(-c3csc(N)n3)ncnc21. The van der Waals surface area contributed by atoms with Gasteiger partial charge in [-0.05, 0) is 26.0 Å². The summed E-state index contributed by atoms with van der Waals surface area (Å²) in [5.74, 6) is 4.68. The van der Waals surface area contributed by atoms with Gasteiger partial charge in [-0.2, -0.15) is 0 Å². The average Bonchev–Trinajstić information content (AvgIpc) is 3.56. The lowest BCUT2D eigenvalue weighted by molar-refractivity contribution is -0.190. The predicted octanol–water partition coefficient (Wildman–Crippen LogP) is 3.14. The number of aromatic nitrogens is 5. The number of nitrogens with two attached hydrogens (primary N) is 1. The van der Waals surface area contributed by atoms with Crippen molar-refractivity contribution in [3.8, 4) is 23.2 Å². The first-order valence-electron chi connectivity index (χ1n) is 10.6. The molecule has 2 fully saturated rings. The van der Waals surface area contributed by atoms with E-state index in [1.165, 1.54) is 23.7 Å². The average molecular weight is 479 g/mol. The van der Waals surface area contributed by atoms with Crippen LogP contribution in [-0.4, -0.2) is 48.6 Å². The smallest absolute Gasteiger partial charge is 0.180 e. The van der Waals surface area contributed by atoms with E-state index in [0.717, 1.165) is 0 Å². The van der Waals surface area contributed by atoms with Crippen LogP contribution in [0.25, 0.3) is 22.6 Å². The van der Waals surface area contributed by atoms with Crippen LogP contribution in [0.4, 0.5) is 9.52 Å². The first kappa shape index (κ1) is 21.1. The highest BCUT2D eigenvalue weighted by Gasteiger charge is 2.56. The lowest BCUT2D eigenvalue weighted by Crippen LogP contribution is -2.28. The number of nitrogens with zero attached hydrogens (tertiary/aromatic N) is 5. The van der Waals surface area contributed by atoms with Gasteiger partial charge in [0.05, 0.1) is 11.9 Å². The monoisotopic (exact) mass is 478 g/mol. The van der Waals surface area contributed by atoms with Gasteiger partial charge in [-0.25, -0.2) is 24.3 Å². The number of imidazole rings is 1. The van der Waals surface area contributed by atoms with E-state index in [4.69, 9.17) is 19.9 Å². The largest absolute Gasteiger partial charge is 0.375 e. The minimum atomic E-state index is -0.829. The molecular formula is C23H19FN6O3S. The van der Waals surface area contributed by atoms with Crippen molar-refractivity contribution in [3.63, 3.8) is 0 Å². The molecular weight excluding hydrogens is 459 g/mol. The Kier molecular flexibility index (Phi) is 4.86. The molecule has 34 heavy (non-hydrogen) atoms. The second-order valence-corrected chi connectivity index (χ2v) is 9.27. The van der Waals surface area contributed by atoms with Crippen molar-refractivity contribution in [2.45, 2.75) is 44.2 Å². The molecule has 9 nitrogen and oxygen atoms in total. The fourth-order valence-corrected chi connectivity index (χ4v) is 4.80. The third-order valence-electron chi connectivity index (χ3n) is 5.65. The van der Waals surface area contributed by atoms with Crippen LogP contribution >= 0.6 is 11.3 Å². The lowest BCUT2D eigenvalue weighted by atomic mass is 10.1. The van der Waals surface area contributed by atoms with Crippen LogP contribution < -0.4 is 5.73 Å². The van der Waals surface area contributed by atoms with Gasteiger partial charge in [0.2, 0.25) is 0 Å². The van der Waals surface area contributed by atoms with Crippen LogP contribution in [0, 0.1) is 17.7 Å². The second-order valence-electron chi connectivity index (χ2n) is 8.38. The summed E-state index contributed by atoms with van der Waals surface area (Å²) < 4.78 is 34.4. The van der Waals surface area contributed by atoms with Gasteiger partial charge in [0, 0.05) is 5.38 Å². The van der Waals surface area contributed by atoms with Gasteiger partial charge in [0.15, 0.2) is 22.8 Å². The zero-order chi connectivity index (χ0) is 23.4. The molecule has 11 heteroatoms. The zero-order valence-corrected chi connectivity index (χ0v) is 19.0. The second kappa shape index (κ2) is 7.82. The number of thiazole rings is 1. The van der Waals surface area contributed by atoms with Gasteiger partial charge in [0.25, 0.3) is 0 Å². The van der Waals surface area contributed by atoms with Gasteiger partial charge in [-0.1, -0.05) is 24.0 Å². The molecule has 5 heterocycles. The van der Waals surface area contributed by atoms with Crippen LogP contribution in [0.2, 0.25) is 0 Å². The fraction of sp³-hybridized carbons (Fsp3) is 0.304. The Labute approximate surface area is 197 Å². The molecule has 1 aromatic carbocycles. The molecule has 6 rings (SSSR count). The quantitative estimate of drug-likeness (QED) is 0.438. The number of fused-ring (bicyclic) bond motifs is 2. The molecule has 4 aromatic rings. The molecule has 0 amide bonds. The summed E-state index contributed by atoms with van der Waals surface area (Å²) in [6.07, 6.45) is 0.871. The topological polar surface area (TPSA) is 110 Å². The van der Waals surface area contributed by atoms with E-state index in [-0.39, 0.29) is 5.56 Å². The van der Waals surface area contributed by atoms with Crippen LogP contribution in [0.3, 0.4) is 0 Å². The normalized spacial score (nSPS) is 25.3. The van der Waals surface area contributed by atoms with E-state index in [9.17, 15) is 4.39 Å². The lowest BCUT2D eigenvalue weighted by Gasteiger charge is -2.23. The van der Waals surface area contributed by atoms with Crippen LogP contribution in [0.1, 0.15) is 25.6 Å². The van der Waals surface area contributed by atoms with Gasteiger partial charge in [-0.3, -0.25) is 4.57 Å². The third kappa shape index (κ3) is 3.52. The van der Waals surface area contributed by atoms with E-state index >= 15 is 0 Å². The number of nitrogen functional groups attached to an aromatic ring is 1. The summed E-state index contributed by atoms with van der Waals surface area (Å²) in [6.45, 7) is 3.67. The molecule has 0 saturated carbocycles. The molecule has 0 bridgehead atoms. The van der Waals surface area contributed by atoms with Gasteiger partial charge in [0.1, 0.15) is 47.4 Å². The van der Waals surface area contributed by atoms with E-state index in [1.807, 2.05) is 19.2 Å². The minimum Gasteiger partial charge on any atom is -0.375 e. The molecule has 172 valence electrons. The highest BCUT2D eigenvalue weighted by atomic mass is 32.1. The molecule has 3 aromatic heterocycles. The van der Waals surface area contributed by atoms with E-state index in [0.29, 0.717) is 27.7 Å². The fourth-order valence-electron chi connectivity index (χ4n) is 4.25. The number of ether oxygens (including phenoxy) is 3. The van der Waals surface area contributed by atoms with Crippen molar-refractivity contribution in [3.05, 3.63) is 53.7 Å². The molecule has 0 spiro atoms. The van der Waals surface area contributed by atoms with Crippen molar-refractivity contribution in [2.24, 2.45) is 0 Å². The summed E-state index contributed by atoms with van der Waals surface area (Å²) in [5.41, 5.74) is 8.40. The molecule has 2 aliphatic heterocycles. The Bertz CT molecular complexity index is 1460. The number of rotatable bonds is 2. The third-order valence-corrected chi connectivity index (χ3v) is 6.32. The first-order valence-corrected chi connectivity index (χ1v) is 11.4. The van der Waals surface area contributed by atoms with Crippen LogP contribution in [0.15, 0.2) is 42.3 Å². The van der Waals surface area contributed by atoms with Crippen molar-refractivity contribution >= 4 is 27.6 Å². The minimum absolute atomic E-state index is 0.289. The summed E-state index contributed by atoms with van der Waals surface area (Å²) in [6, 6.07) is 6.34. The Hall–Kier alpha value is -3.43.